The number of urea groups is 1. The number of aliphatic carboxylic acids is 1. The number of nitrogens with zero attached hydrogens (tertiary/aromatic N) is 4. The van der Waals surface area contributed by atoms with Crippen molar-refractivity contribution in [3.05, 3.63) is 71.4 Å². The van der Waals surface area contributed by atoms with E-state index < -0.39 is 12.1 Å². The third-order valence-electron chi connectivity index (χ3n) is 5.51. The molecule has 9 nitrogen and oxygen atoms in total. The highest BCUT2D eigenvalue weighted by molar-refractivity contribution is 6.30. The number of aromatic nitrogens is 2. The third kappa shape index (κ3) is 8.67. The topological polar surface area (TPSA) is 99.9 Å². The van der Waals surface area contributed by atoms with E-state index in [0.29, 0.717) is 18.1 Å². The van der Waals surface area contributed by atoms with E-state index in [1.165, 1.54) is 5.56 Å². The van der Waals surface area contributed by atoms with Crippen molar-refractivity contribution < 1.29 is 32.6 Å². The van der Waals surface area contributed by atoms with Crippen LogP contribution in [0.15, 0.2) is 60.8 Å². The molecule has 1 aliphatic heterocycles. The number of aryl methyl sites for hydroxylation is 1. The first-order chi connectivity index (χ1) is 18.0. The summed E-state index contributed by atoms with van der Waals surface area (Å²) in [5, 5.41) is 15.0. The van der Waals surface area contributed by atoms with Crippen LogP contribution in [0.3, 0.4) is 0 Å². The smallest absolute Gasteiger partial charge is 0.475 e. The number of carboxylic acid groups (broad SMARTS) is 1. The number of carbonyl (C=O) groups excluding carboxylic acids is 1. The second kappa shape index (κ2) is 13.2. The summed E-state index contributed by atoms with van der Waals surface area (Å²) in [7, 11) is 0. The van der Waals surface area contributed by atoms with Gasteiger partial charge in [0, 0.05) is 50.4 Å². The summed E-state index contributed by atoms with van der Waals surface area (Å²) in [5.74, 6) is -0.476. The van der Waals surface area contributed by atoms with Crippen LogP contribution < -0.4 is 10.1 Å². The van der Waals surface area contributed by atoms with Crippen LogP contribution >= 0.6 is 11.6 Å². The zero-order valence-corrected chi connectivity index (χ0v) is 21.2. The molecule has 204 valence electrons. The van der Waals surface area contributed by atoms with Gasteiger partial charge in [0.25, 0.3) is 0 Å². The van der Waals surface area contributed by atoms with Gasteiger partial charge in [0.15, 0.2) is 0 Å². The first-order valence-corrected chi connectivity index (χ1v) is 12.1. The standard InChI is InChI=1S/C23H26ClN5O2.C2HF3O2/c1-2-29-22(10-11-25-29)26-23(30)28-14-12-27(13-15-28)17-18-4-3-5-21(16-18)31-20-8-6-19(24)7-9-20;3-2(4,5)1(6)7/h3-11,16H,2,12-15,17H2,1H3,(H,26,30);(H,6,7). The quantitative estimate of drug-likeness (QED) is 0.428. The molecule has 13 heteroatoms. The first-order valence-electron chi connectivity index (χ1n) is 11.7. The summed E-state index contributed by atoms with van der Waals surface area (Å²) >= 11 is 5.93. The zero-order valence-electron chi connectivity index (χ0n) is 20.5. The normalized spacial score (nSPS) is 13.9. The van der Waals surface area contributed by atoms with Crippen LogP contribution in [0, 0.1) is 0 Å². The molecule has 0 unspecified atom stereocenters. The van der Waals surface area contributed by atoms with E-state index in [2.05, 4.69) is 27.4 Å². The Balaban J connectivity index is 0.000000505. The lowest BCUT2D eigenvalue weighted by Crippen LogP contribution is -2.49. The van der Waals surface area contributed by atoms with E-state index >= 15 is 0 Å². The second-order valence-electron chi connectivity index (χ2n) is 8.23. The van der Waals surface area contributed by atoms with E-state index in [1.807, 2.05) is 54.3 Å². The van der Waals surface area contributed by atoms with Crippen LogP contribution in [0.1, 0.15) is 12.5 Å². The van der Waals surface area contributed by atoms with E-state index in [0.717, 1.165) is 43.5 Å². The van der Waals surface area contributed by atoms with Gasteiger partial charge in [-0.1, -0.05) is 23.7 Å². The number of alkyl halides is 3. The molecule has 2 N–H and O–H groups in total. The maximum atomic E-state index is 12.6. The highest BCUT2D eigenvalue weighted by atomic mass is 35.5. The predicted molar refractivity (Wildman–Crippen MR) is 135 cm³/mol. The molecule has 1 fully saturated rings. The van der Waals surface area contributed by atoms with Crippen LogP contribution in [-0.2, 0) is 17.9 Å². The fourth-order valence-corrected chi connectivity index (χ4v) is 3.72. The Labute approximate surface area is 222 Å². The number of carbonyl (C=O) groups is 2. The average Bonchev–Trinajstić information content (AvgIpc) is 3.33. The molecule has 1 aliphatic rings. The van der Waals surface area contributed by atoms with Crippen molar-refractivity contribution in [2.24, 2.45) is 0 Å². The molecule has 0 radical (unpaired) electrons. The molecule has 2 amide bonds. The monoisotopic (exact) mass is 553 g/mol. The van der Waals surface area contributed by atoms with Crippen molar-refractivity contribution in [3.8, 4) is 11.5 Å². The van der Waals surface area contributed by atoms with Crippen molar-refractivity contribution in [1.82, 2.24) is 19.6 Å². The number of rotatable bonds is 6. The van der Waals surface area contributed by atoms with Gasteiger partial charge in [-0.15, -0.1) is 0 Å². The van der Waals surface area contributed by atoms with Gasteiger partial charge in [-0.2, -0.15) is 18.3 Å². The maximum absolute atomic E-state index is 12.6. The van der Waals surface area contributed by atoms with Gasteiger partial charge in [0.1, 0.15) is 17.3 Å². The summed E-state index contributed by atoms with van der Waals surface area (Å²) in [6.45, 7) is 6.55. The summed E-state index contributed by atoms with van der Waals surface area (Å²) in [6.07, 6.45) is -3.39. The number of carboxylic acids is 1. The number of halogens is 4. The average molecular weight is 554 g/mol. The minimum Gasteiger partial charge on any atom is -0.475 e. The Morgan fingerprint density at radius 2 is 1.71 bits per heavy atom. The number of anilines is 1. The highest BCUT2D eigenvalue weighted by Crippen LogP contribution is 2.24. The molecule has 2 aromatic carbocycles. The minimum absolute atomic E-state index is 0.0757. The van der Waals surface area contributed by atoms with Crippen LogP contribution in [0.2, 0.25) is 5.02 Å². The molecule has 3 aromatic rings. The van der Waals surface area contributed by atoms with Gasteiger partial charge in [0.2, 0.25) is 0 Å². The predicted octanol–water partition coefficient (Wildman–Crippen LogP) is 5.33. The number of amides is 2. The Bertz CT molecular complexity index is 1210. The van der Waals surface area contributed by atoms with Gasteiger partial charge >= 0.3 is 18.2 Å². The van der Waals surface area contributed by atoms with Crippen molar-refractivity contribution in [2.75, 3.05) is 31.5 Å². The maximum Gasteiger partial charge on any atom is 0.490 e. The molecule has 2 heterocycles. The van der Waals surface area contributed by atoms with Crippen molar-refractivity contribution in [3.63, 3.8) is 0 Å². The molecule has 1 saturated heterocycles. The van der Waals surface area contributed by atoms with Gasteiger partial charge in [-0.25, -0.2) is 14.3 Å². The van der Waals surface area contributed by atoms with Crippen LogP contribution in [0.5, 0.6) is 11.5 Å². The lowest BCUT2D eigenvalue weighted by Gasteiger charge is -2.34. The number of hydrogen-bond donors (Lipinski definition) is 2. The van der Waals surface area contributed by atoms with E-state index in [9.17, 15) is 18.0 Å². The molecule has 0 spiro atoms. The number of hydrogen-bond acceptors (Lipinski definition) is 5. The molecule has 4 rings (SSSR count). The van der Waals surface area contributed by atoms with E-state index in [4.69, 9.17) is 26.2 Å². The van der Waals surface area contributed by atoms with Gasteiger partial charge in [0.05, 0.1) is 6.20 Å². The molecule has 0 atom stereocenters. The minimum atomic E-state index is -5.08. The lowest BCUT2D eigenvalue weighted by atomic mass is 10.2. The first kappa shape index (κ1) is 28.8. The third-order valence-corrected chi connectivity index (χ3v) is 5.76. The van der Waals surface area contributed by atoms with Crippen molar-refractivity contribution >= 4 is 29.4 Å². The Morgan fingerprint density at radius 3 is 2.32 bits per heavy atom. The summed E-state index contributed by atoms with van der Waals surface area (Å²) < 4.78 is 39.4. The Morgan fingerprint density at radius 1 is 1.05 bits per heavy atom. The molecule has 38 heavy (non-hydrogen) atoms. The van der Waals surface area contributed by atoms with Crippen LogP contribution in [-0.4, -0.2) is 69.0 Å². The van der Waals surface area contributed by atoms with Crippen molar-refractivity contribution in [2.45, 2.75) is 26.2 Å². The fraction of sp³-hybridized carbons (Fsp3) is 0.320. The molecule has 0 saturated carbocycles. The number of piperazine rings is 1. The van der Waals surface area contributed by atoms with E-state index in [1.54, 1.807) is 10.9 Å². The van der Waals surface area contributed by atoms with E-state index in [-0.39, 0.29) is 6.03 Å². The SMILES string of the molecule is CCn1nccc1NC(=O)N1CCN(Cc2cccc(Oc3ccc(Cl)cc3)c2)CC1.O=C(O)C(F)(F)F. The Hall–Kier alpha value is -3.77. The molecule has 0 bridgehead atoms. The zero-order chi connectivity index (χ0) is 27.7. The Kier molecular flexibility index (Phi) is 9.97. The number of ether oxygens (including phenoxy) is 1. The summed E-state index contributed by atoms with van der Waals surface area (Å²) in [4.78, 5) is 25.7. The summed E-state index contributed by atoms with van der Waals surface area (Å²) in [5.41, 5.74) is 1.18. The van der Waals surface area contributed by atoms with Gasteiger partial charge < -0.3 is 14.7 Å². The van der Waals surface area contributed by atoms with Crippen molar-refractivity contribution in [1.29, 1.82) is 0 Å². The molecule has 1 aromatic heterocycles. The lowest BCUT2D eigenvalue weighted by molar-refractivity contribution is -0.192. The number of benzene rings is 2. The van der Waals surface area contributed by atoms with Gasteiger partial charge in [-0.3, -0.25) is 10.2 Å². The second-order valence-corrected chi connectivity index (χ2v) is 8.67. The molecule has 0 aliphatic carbocycles. The number of nitrogens with one attached hydrogen (secondary N) is 1. The molecular weight excluding hydrogens is 527 g/mol. The fourth-order valence-electron chi connectivity index (χ4n) is 3.59. The summed E-state index contributed by atoms with van der Waals surface area (Å²) in [6, 6.07) is 17.2. The van der Waals surface area contributed by atoms with Crippen LogP contribution in [0.4, 0.5) is 23.8 Å². The van der Waals surface area contributed by atoms with Gasteiger partial charge in [-0.05, 0) is 48.9 Å². The van der Waals surface area contributed by atoms with Crippen LogP contribution in [0.25, 0.3) is 0 Å². The highest BCUT2D eigenvalue weighted by Gasteiger charge is 2.38. The largest absolute Gasteiger partial charge is 0.490 e. The molecular formula is C25H27ClF3N5O4.